The maximum atomic E-state index is 12.2. The molecule has 18 heavy (non-hydrogen) atoms. The molecule has 0 atom stereocenters. The molecule has 0 spiro atoms. The van der Waals surface area contributed by atoms with Crippen LogP contribution >= 0.6 is 11.3 Å². The Kier molecular flexibility index (Phi) is 3.24. The molecule has 0 saturated carbocycles. The summed E-state index contributed by atoms with van der Waals surface area (Å²) >= 11 is 1.80. The summed E-state index contributed by atoms with van der Waals surface area (Å²) in [5.41, 5.74) is 4.30. The number of carbonyl (C=O) groups excluding carboxylic acids is 1. The summed E-state index contributed by atoms with van der Waals surface area (Å²) in [6.07, 6.45) is 4.86. The number of benzene rings is 1. The fourth-order valence-electron chi connectivity index (χ4n) is 2.49. The second kappa shape index (κ2) is 5.02. The number of aromatic nitrogens is 1. The Morgan fingerprint density at radius 1 is 1.17 bits per heavy atom. The van der Waals surface area contributed by atoms with Crippen molar-refractivity contribution in [3.05, 3.63) is 52.0 Å². The van der Waals surface area contributed by atoms with Gasteiger partial charge < -0.3 is 0 Å². The Morgan fingerprint density at radius 3 is 2.78 bits per heavy atom. The lowest BCUT2D eigenvalue weighted by Gasteiger charge is -2.07. The first-order chi connectivity index (χ1) is 8.84. The van der Waals surface area contributed by atoms with Crippen LogP contribution in [0.25, 0.3) is 0 Å². The Morgan fingerprint density at radius 2 is 1.94 bits per heavy atom. The summed E-state index contributed by atoms with van der Waals surface area (Å²) < 4.78 is 2.15. The Hall–Kier alpha value is -1.48. The van der Waals surface area contributed by atoms with Crippen LogP contribution in [0.3, 0.4) is 0 Å². The Bertz CT molecular complexity index is 559. The van der Waals surface area contributed by atoms with E-state index >= 15 is 0 Å². The van der Waals surface area contributed by atoms with Gasteiger partial charge in [0.1, 0.15) is 0 Å². The zero-order chi connectivity index (χ0) is 12.4. The molecule has 2 aromatic rings. The maximum absolute atomic E-state index is 12.2. The molecule has 92 valence electrons. The van der Waals surface area contributed by atoms with Crippen LogP contribution in [-0.2, 0) is 19.4 Å². The lowest BCUT2D eigenvalue weighted by molar-refractivity contribution is -0.686. The molecule has 1 aromatic heterocycles. The number of aryl methyl sites for hydroxylation is 1. The molecule has 1 aliphatic rings. The summed E-state index contributed by atoms with van der Waals surface area (Å²) in [7, 11) is 0. The third kappa shape index (κ3) is 2.23. The van der Waals surface area contributed by atoms with Gasteiger partial charge in [-0.1, -0.05) is 41.7 Å². The molecule has 1 aliphatic carbocycles. The molecule has 0 bridgehead atoms. The number of ketones is 1. The van der Waals surface area contributed by atoms with Gasteiger partial charge in [-0.25, -0.2) is 0 Å². The van der Waals surface area contributed by atoms with Gasteiger partial charge in [0.25, 0.3) is 0 Å². The van der Waals surface area contributed by atoms with Crippen LogP contribution < -0.4 is 4.57 Å². The molecule has 3 heteroatoms. The topological polar surface area (TPSA) is 20.9 Å². The van der Waals surface area contributed by atoms with Crippen LogP contribution in [0.5, 0.6) is 0 Å². The third-order valence-corrected chi connectivity index (χ3v) is 4.55. The first-order valence-corrected chi connectivity index (χ1v) is 7.29. The minimum Gasteiger partial charge on any atom is -0.287 e. The van der Waals surface area contributed by atoms with Crippen molar-refractivity contribution in [1.82, 2.24) is 0 Å². The highest BCUT2D eigenvalue weighted by molar-refractivity contribution is 7.09. The van der Waals surface area contributed by atoms with E-state index in [0.717, 1.165) is 12.0 Å². The van der Waals surface area contributed by atoms with Gasteiger partial charge in [-0.05, 0) is 19.3 Å². The zero-order valence-corrected chi connectivity index (χ0v) is 11.1. The van der Waals surface area contributed by atoms with Crippen molar-refractivity contribution in [3.8, 4) is 0 Å². The highest BCUT2D eigenvalue weighted by atomic mass is 32.1. The second-order valence-electron chi connectivity index (χ2n) is 4.72. The molecule has 3 rings (SSSR count). The van der Waals surface area contributed by atoms with Crippen LogP contribution in [0, 0.1) is 0 Å². The standard InChI is InChI=1S/C15H16NOS/c17-14(12-6-2-1-3-7-12)10-16-11-18-15-9-5-4-8-13(15)16/h1-3,6-7,11H,4-5,8-10H2/q+1. The fraction of sp³-hybridized carbons (Fsp3) is 0.333. The van der Waals surface area contributed by atoms with E-state index in [-0.39, 0.29) is 5.78 Å². The van der Waals surface area contributed by atoms with Gasteiger partial charge in [-0.2, -0.15) is 4.57 Å². The Balaban J connectivity index is 1.81. The van der Waals surface area contributed by atoms with E-state index in [1.54, 1.807) is 11.3 Å². The first-order valence-electron chi connectivity index (χ1n) is 6.41. The van der Waals surface area contributed by atoms with Gasteiger partial charge in [-0.3, -0.25) is 4.79 Å². The fourth-order valence-corrected chi connectivity index (χ4v) is 3.56. The largest absolute Gasteiger partial charge is 0.287 e. The number of carbonyl (C=O) groups is 1. The highest BCUT2D eigenvalue weighted by Crippen LogP contribution is 2.22. The number of nitrogens with zero attached hydrogens (tertiary/aromatic N) is 1. The molecule has 0 aliphatic heterocycles. The van der Waals surface area contributed by atoms with Crippen molar-refractivity contribution >= 4 is 17.1 Å². The maximum Gasteiger partial charge on any atom is 0.227 e. The lowest BCUT2D eigenvalue weighted by atomic mass is 10.0. The first kappa shape index (κ1) is 11.6. The van der Waals surface area contributed by atoms with Crippen molar-refractivity contribution in [2.75, 3.05) is 0 Å². The molecular formula is C15H16NOS+. The van der Waals surface area contributed by atoms with Crippen LogP contribution in [0.4, 0.5) is 0 Å². The molecule has 0 amide bonds. The summed E-state index contributed by atoms with van der Waals surface area (Å²) in [6, 6.07) is 9.56. The summed E-state index contributed by atoms with van der Waals surface area (Å²) in [5.74, 6) is 0.201. The number of hydrogen-bond donors (Lipinski definition) is 0. The number of rotatable bonds is 3. The smallest absolute Gasteiger partial charge is 0.227 e. The SMILES string of the molecule is O=C(C[n+]1csc2c1CCCC2)c1ccccc1. The van der Waals surface area contributed by atoms with Gasteiger partial charge >= 0.3 is 0 Å². The van der Waals surface area contributed by atoms with Crippen molar-refractivity contribution in [2.45, 2.75) is 32.2 Å². The van der Waals surface area contributed by atoms with Crippen molar-refractivity contribution < 1.29 is 9.36 Å². The molecule has 1 heterocycles. The molecule has 0 saturated heterocycles. The van der Waals surface area contributed by atoms with Crippen molar-refractivity contribution in [2.24, 2.45) is 0 Å². The summed E-state index contributed by atoms with van der Waals surface area (Å²) in [4.78, 5) is 13.7. The molecule has 1 aromatic carbocycles. The summed E-state index contributed by atoms with van der Waals surface area (Å²) in [6.45, 7) is 0.482. The van der Waals surface area contributed by atoms with E-state index in [1.807, 2.05) is 30.3 Å². The van der Waals surface area contributed by atoms with E-state index < -0.39 is 0 Å². The van der Waals surface area contributed by atoms with Gasteiger partial charge in [0, 0.05) is 12.0 Å². The van der Waals surface area contributed by atoms with E-state index in [2.05, 4.69) is 10.1 Å². The van der Waals surface area contributed by atoms with E-state index in [4.69, 9.17) is 0 Å². The predicted molar refractivity (Wildman–Crippen MR) is 71.9 cm³/mol. The average molecular weight is 258 g/mol. The van der Waals surface area contributed by atoms with E-state index in [9.17, 15) is 4.79 Å². The monoisotopic (exact) mass is 258 g/mol. The van der Waals surface area contributed by atoms with Crippen LogP contribution in [0.15, 0.2) is 35.8 Å². The third-order valence-electron chi connectivity index (χ3n) is 3.47. The minimum absolute atomic E-state index is 0.201. The molecular weight excluding hydrogens is 242 g/mol. The number of thiazole rings is 1. The zero-order valence-electron chi connectivity index (χ0n) is 10.3. The molecule has 0 unspecified atom stereocenters. The van der Waals surface area contributed by atoms with Crippen LogP contribution in [-0.4, -0.2) is 5.78 Å². The van der Waals surface area contributed by atoms with E-state index in [1.165, 1.54) is 29.8 Å². The highest BCUT2D eigenvalue weighted by Gasteiger charge is 2.24. The van der Waals surface area contributed by atoms with E-state index in [0.29, 0.717) is 6.54 Å². The molecule has 0 N–H and O–H groups in total. The molecule has 2 nitrogen and oxygen atoms in total. The van der Waals surface area contributed by atoms with Crippen LogP contribution in [0.1, 0.15) is 33.8 Å². The second-order valence-corrected chi connectivity index (χ2v) is 5.66. The Labute approximate surface area is 111 Å². The normalized spacial score (nSPS) is 14.2. The predicted octanol–water partition coefficient (Wildman–Crippen LogP) is 2.80. The average Bonchev–Trinajstić information content (AvgIpc) is 2.83. The quantitative estimate of drug-likeness (QED) is 0.612. The number of fused-ring (bicyclic) bond motifs is 1. The van der Waals surface area contributed by atoms with Crippen molar-refractivity contribution in [3.63, 3.8) is 0 Å². The van der Waals surface area contributed by atoms with Crippen molar-refractivity contribution in [1.29, 1.82) is 0 Å². The van der Waals surface area contributed by atoms with Gasteiger partial charge in [0.05, 0.1) is 4.88 Å². The van der Waals surface area contributed by atoms with Crippen LogP contribution in [0.2, 0.25) is 0 Å². The lowest BCUT2D eigenvalue weighted by Crippen LogP contribution is -2.40. The molecule has 0 radical (unpaired) electrons. The minimum atomic E-state index is 0.201. The summed E-state index contributed by atoms with van der Waals surface area (Å²) in [5, 5.41) is 0. The number of Topliss-reactive ketones (excluding diaryl/α,β-unsaturated/α-hetero) is 1. The van der Waals surface area contributed by atoms with Gasteiger partial charge in [0.2, 0.25) is 17.8 Å². The number of hydrogen-bond acceptors (Lipinski definition) is 2. The van der Waals surface area contributed by atoms with Gasteiger partial charge in [0.15, 0.2) is 5.69 Å². The molecule has 0 fully saturated rings. The van der Waals surface area contributed by atoms with Gasteiger partial charge in [-0.15, -0.1) is 0 Å².